The van der Waals surface area contributed by atoms with Gasteiger partial charge in [-0.3, -0.25) is 9.59 Å². The van der Waals surface area contributed by atoms with Gasteiger partial charge in [0.25, 0.3) is 11.7 Å². The molecule has 1 N–H and O–H groups in total. The average Bonchev–Trinajstić information content (AvgIpc) is 2.62. The number of carbonyl (C=O) groups is 2. The normalized spacial score (nSPS) is 13.7. The van der Waals surface area contributed by atoms with Crippen LogP contribution in [0.3, 0.4) is 0 Å². The minimum Gasteiger partial charge on any atom is -0.367 e. The lowest BCUT2D eigenvalue weighted by Gasteiger charge is -2.29. The van der Waals surface area contributed by atoms with Gasteiger partial charge in [-0.05, 0) is 32.4 Å². The zero-order chi connectivity index (χ0) is 14.2. The Morgan fingerprint density at radius 2 is 2.00 bits per heavy atom. The van der Waals surface area contributed by atoms with E-state index in [1.165, 1.54) is 0 Å². The van der Waals surface area contributed by atoms with E-state index in [1.54, 1.807) is 6.07 Å². The van der Waals surface area contributed by atoms with Crippen molar-refractivity contribution in [1.82, 2.24) is 0 Å². The van der Waals surface area contributed by atoms with Crippen LogP contribution >= 0.6 is 0 Å². The number of ketones is 1. The Labute approximate surface area is 111 Å². The summed E-state index contributed by atoms with van der Waals surface area (Å²) in [7, 11) is 0. The predicted molar refractivity (Wildman–Crippen MR) is 72.1 cm³/mol. The first-order valence-corrected chi connectivity index (χ1v) is 6.41. The minimum absolute atomic E-state index is 0.117. The van der Waals surface area contributed by atoms with Crippen molar-refractivity contribution in [2.75, 3.05) is 16.8 Å². The molecule has 0 saturated carbocycles. The summed E-state index contributed by atoms with van der Waals surface area (Å²) in [5.41, 5.74) is 0.935. The lowest BCUT2D eigenvalue weighted by molar-refractivity contribution is -0.112. The lowest BCUT2D eigenvalue weighted by atomic mass is 10.1. The van der Waals surface area contributed by atoms with Gasteiger partial charge in [-0.2, -0.15) is 0 Å². The third kappa shape index (κ3) is 2.32. The summed E-state index contributed by atoms with van der Waals surface area (Å²) < 4.78 is 14.1. The summed E-state index contributed by atoms with van der Waals surface area (Å²) in [6, 6.07) is 2.83. The van der Waals surface area contributed by atoms with Crippen LogP contribution in [0, 0.1) is 5.82 Å². The maximum absolute atomic E-state index is 14.1. The number of nitrogens with one attached hydrogen (secondary N) is 1. The molecule has 0 radical (unpaired) electrons. The quantitative estimate of drug-likeness (QED) is 0.850. The number of halogens is 1. The Balaban J connectivity index is 2.46. The molecule has 0 fully saturated rings. The van der Waals surface area contributed by atoms with Crippen molar-refractivity contribution in [3.8, 4) is 0 Å². The second kappa shape index (κ2) is 4.99. The van der Waals surface area contributed by atoms with Gasteiger partial charge in [-0.1, -0.05) is 6.92 Å². The standard InChI is InChI=1S/C14H17FN2O2/c1-4-5-17(8(2)3)12-7-11-9(6-10(12)15)13(18)14(19)16-11/h6-8H,4-5H2,1-3H3,(H,16,18,19). The molecule has 5 heteroatoms. The molecule has 1 aliphatic rings. The molecule has 0 atom stereocenters. The zero-order valence-corrected chi connectivity index (χ0v) is 11.3. The van der Waals surface area contributed by atoms with Crippen LogP contribution in [0.15, 0.2) is 12.1 Å². The molecular weight excluding hydrogens is 247 g/mol. The number of Topliss-reactive ketones (excluding diaryl/α,β-unsaturated/α-hetero) is 1. The summed E-state index contributed by atoms with van der Waals surface area (Å²) in [5.74, 6) is -1.84. The van der Waals surface area contributed by atoms with E-state index in [4.69, 9.17) is 0 Å². The van der Waals surface area contributed by atoms with E-state index < -0.39 is 17.5 Å². The topological polar surface area (TPSA) is 49.4 Å². The molecule has 19 heavy (non-hydrogen) atoms. The van der Waals surface area contributed by atoms with Gasteiger partial charge >= 0.3 is 0 Å². The lowest BCUT2D eigenvalue weighted by Crippen LogP contribution is -2.32. The molecule has 1 aliphatic heterocycles. The molecule has 0 spiro atoms. The Bertz CT molecular complexity index is 540. The van der Waals surface area contributed by atoms with Gasteiger partial charge in [-0.25, -0.2) is 4.39 Å². The van der Waals surface area contributed by atoms with Gasteiger partial charge in [0, 0.05) is 12.6 Å². The summed E-state index contributed by atoms with van der Waals surface area (Å²) in [6.45, 7) is 6.69. The van der Waals surface area contributed by atoms with Gasteiger partial charge in [-0.15, -0.1) is 0 Å². The minimum atomic E-state index is -0.696. The van der Waals surface area contributed by atoms with E-state index in [-0.39, 0.29) is 11.6 Å². The highest BCUT2D eigenvalue weighted by molar-refractivity contribution is 6.51. The van der Waals surface area contributed by atoms with Crippen LogP contribution in [-0.2, 0) is 4.79 Å². The molecule has 2 rings (SSSR count). The van der Waals surface area contributed by atoms with Gasteiger partial charge in [0.1, 0.15) is 5.82 Å². The van der Waals surface area contributed by atoms with Crippen molar-refractivity contribution in [3.05, 3.63) is 23.5 Å². The Morgan fingerprint density at radius 3 is 2.58 bits per heavy atom. The van der Waals surface area contributed by atoms with Crippen molar-refractivity contribution in [3.63, 3.8) is 0 Å². The number of nitrogens with zero attached hydrogens (tertiary/aromatic N) is 1. The van der Waals surface area contributed by atoms with Gasteiger partial charge in [0.2, 0.25) is 0 Å². The highest BCUT2D eigenvalue weighted by Crippen LogP contribution is 2.32. The molecule has 1 amide bonds. The third-order valence-electron chi connectivity index (χ3n) is 3.18. The number of hydrogen-bond acceptors (Lipinski definition) is 3. The van der Waals surface area contributed by atoms with E-state index in [0.29, 0.717) is 11.4 Å². The molecular formula is C14H17FN2O2. The van der Waals surface area contributed by atoms with Crippen LogP contribution < -0.4 is 10.2 Å². The van der Waals surface area contributed by atoms with Crippen LogP contribution in [0.4, 0.5) is 15.8 Å². The largest absolute Gasteiger partial charge is 0.367 e. The van der Waals surface area contributed by atoms with Gasteiger partial charge < -0.3 is 10.2 Å². The number of rotatable bonds is 4. The van der Waals surface area contributed by atoms with E-state index in [9.17, 15) is 14.0 Å². The second-order valence-electron chi connectivity index (χ2n) is 4.92. The molecule has 0 bridgehead atoms. The van der Waals surface area contributed by atoms with Gasteiger partial charge in [0.05, 0.1) is 16.9 Å². The van der Waals surface area contributed by atoms with E-state index in [1.807, 2.05) is 25.7 Å². The van der Waals surface area contributed by atoms with E-state index >= 15 is 0 Å². The van der Waals surface area contributed by atoms with Crippen LogP contribution in [0.25, 0.3) is 0 Å². The van der Waals surface area contributed by atoms with Crippen LogP contribution in [-0.4, -0.2) is 24.3 Å². The molecule has 0 saturated heterocycles. The van der Waals surface area contributed by atoms with E-state index in [0.717, 1.165) is 19.0 Å². The van der Waals surface area contributed by atoms with Crippen molar-refractivity contribution in [1.29, 1.82) is 0 Å². The van der Waals surface area contributed by atoms with Gasteiger partial charge in [0.15, 0.2) is 0 Å². The number of carbonyl (C=O) groups excluding carboxylic acids is 2. The SMILES string of the molecule is CCCN(c1cc2c(cc1F)C(=O)C(=O)N2)C(C)C. The fourth-order valence-electron chi connectivity index (χ4n) is 2.27. The fraction of sp³-hybridized carbons (Fsp3) is 0.429. The maximum atomic E-state index is 14.1. The monoisotopic (exact) mass is 264 g/mol. The molecule has 1 heterocycles. The Morgan fingerprint density at radius 1 is 1.32 bits per heavy atom. The Kier molecular flexibility index (Phi) is 3.55. The first-order chi connectivity index (χ1) is 8.95. The summed E-state index contributed by atoms with van der Waals surface area (Å²) in [6.07, 6.45) is 0.889. The average molecular weight is 264 g/mol. The van der Waals surface area contributed by atoms with Crippen LogP contribution in [0.2, 0.25) is 0 Å². The van der Waals surface area contributed by atoms with Crippen molar-refractivity contribution < 1.29 is 14.0 Å². The maximum Gasteiger partial charge on any atom is 0.296 e. The number of anilines is 2. The van der Waals surface area contributed by atoms with Crippen molar-refractivity contribution in [2.24, 2.45) is 0 Å². The zero-order valence-electron chi connectivity index (χ0n) is 11.3. The number of benzene rings is 1. The van der Waals surface area contributed by atoms with Crippen LogP contribution in [0.1, 0.15) is 37.6 Å². The highest BCUT2D eigenvalue weighted by atomic mass is 19.1. The molecule has 0 unspecified atom stereocenters. The summed E-state index contributed by atoms with van der Waals surface area (Å²) >= 11 is 0. The molecule has 0 aliphatic carbocycles. The van der Waals surface area contributed by atoms with Crippen molar-refractivity contribution in [2.45, 2.75) is 33.2 Å². The second-order valence-corrected chi connectivity index (χ2v) is 4.92. The smallest absolute Gasteiger partial charge is 0.296 e. The molecule has 102 valence electrons. The molecule has 0 aromatic heterocycles. The Hall–Kier alpha value is -1.91. The molecule has 4 nitrogen and oxygen atoms in total. The number of fused-ring (bicyclic) bond motifs is 1. The van der Waals surface area contributed by atoms with Crippen molar-refractivity contribution >= 4 is 23.1 Å². The van der Waals surface area contributed by atoms with Crippen LogP contribution in [0.5, 0.6) is 0 Å². The third-order valence-corrected chi connectivity index (χ3v) is 3.18. The summed E-state index contributed by atoms with van der Waals surface area (Å²) in [4.78, 5) is 24.7. The predicted octanol–water partition coefficient (Wildman–Crippen LogP) is 2.59. The molecule has 1 aromatic carbocycles. The summed E-state index contributed by atoms with van der Waals surface area (Å²) in [5, 5.41) is 2.47. The highest BCUT2D eigenvalue weighted by Gasteiger charge is 2.30. The first-order valence-electron chi connectivity index (χ1n) is 6.41. The molecule has 1 aromatic rings. The first kappa shape index (κ1) is 13.5. The number of amides is 1. The fourth-order valence-corrected chi connectivity index (χ4v) is 2.27. The number of hydrogen-bond donors (Lipinski definition) is 1. The van der Waals surface area contributed by atoms with E-state index in [2.05, 4.69) is 5.32 Å².